The molecule has 0 N–H and O–H groups in total. The summed E-state index contributed by atoms with van der Waals surface area (Å²) in [6, 6.07) is 2.61. The summed E-state index contributed by atoms with van der Waals surface area (Å²) in [4.78, 5) is 44.9. The second kappa shape index (κ2) is 4.83. The highest BCUT2D eigenvalue weighted by Gasteiger charge is 2.38. The molecule has 0 aromatic heterocycles. The van der Waals surface area contributed by atoms with Crippen molar-refractivity contribution >= 4 is 23.9 Å². The van der Waals surface area contributed by atoms with E-state index in [0.29, 0.717) is 0 Å². The van der Waals surface area contributed by atoms with Gasteiger partial charge in [0, 0.05) is 35.9 Å². The molecule has 114 valence electrons. The first kappa shape index (κ1) is 14.1. The topological polar surface area (TPSA) is 133 Å². The Morgan fingerprint density at radius 2 is 1.23 bits per heavy atom. The third-order valence-corrected chi connectivity index (χ3v) is 3.56. The Labute approximate surface area is 123 Å². The summed E-state index contributed by atoms with van der Waals surface area (Å²) in [5.74, 6) is -4.28. The van der Waals surface area contributed by atoms with Crippen LogP contribution in [0.25, 0.3) is 0 Å². The van der Waals surface area contributed by atoms with Crippen molar-refractivity contribution in [1.29, 1.82) is 0 Å². The van der Waals surface area contributed by atoms with Crippen molar-refractivity contribution < 1.29 is 38.9 Å². The molecule has 22 heavy (non-hydrogen) atoms. The fourth-order valence-electron chi connectivity index (χ4n) is 2.64. The number of cyclic esters (lactones) is 2. The Morgan fingerprint density at radius 3 is 1.55 bits per heavy atom. The normalized spacial score (nSPS) is 21.8. The highest BCUT2D eigenvalue weighted by molar-refractivity contribution is 6.00. The molecule has 2 aliphatic heterocycles. The van der Waals surface area contributed by atoms with Gasteiger partial charge >= 0.3 is 11.9 Å². The van der Waals surface area contributed by atoms with Crippen molar-refractivity contribution in [2.24, 2.45) is 0 Å². The fraction of sp³-hybridized carbons (Fsp3) is 0.286. The van der Waals surface area contributed by atoms with Gasteiger partial charge in [-0.25, -0.2) is 9.59 Å². The van der Waals surface area contributed by atoms with Crippen LogP contribution in [-0.2, 0) is 19.1 Å². The molecule has 0 fully saturated rings. The number of hydrogen-bond acceptors (Lipinski definition) is 8. The molecule has 0 saturated carbocycles. The van der Waals surface area contributed by atoms with Gasteiger partial charge in [-0.1, -0.05) is 0 Å². The van der Waals surface area contributed by atoms with E-state index in [1.807, 2.05) is 0 Å². The monoisotopic (exact) mass is 304 g/mol. The molecule has 2 heterocycles. The highest BCUT2D eigenvalue weighted by atomic mass is 16.6. The Bertz CT molecular complexity index is 658. The maximum Gasteiger partial charge on any atom is 0.339 e. The highest BCUT2D eigenvalue weighted by Crippen LogP contribution is 2.40. The number of hydrogen-bond donors (Lipinski definition) is 0. The summed E-state index contributed by atoms with van der Waals surface area (Å²) in [5, 5.41) is 21.4. The number of carbonyl (C=O) groups is 4. The minimum Gasteiger partial charge on any atom is -0.550 e. The molecule has 0 aliphatic carbocycles. The smallest absolute Gasteiger partial charge is 0.339 e. The van der Waals surface area contributed by atoms with Gasteiger partial charge in [-0.05, 0) is 12.1 Å². The Hall–Kier alpha value is -2.90. The van der Waals surface area contributed by atoms with Crippen LogP contribution in [0.2, 0.25) is 0 Å². The molecule has 0 unspecified atom stereocenters. The third kappa shape index (κ3) is 2.18. The molecule has 8 heteroatoms. The predicted molar refractivity (Wildman–Crippen MR) is 62.0 cm³/mol. The van der Waals surface area contributed by atoms with Crippen molar-refractivity contribution in [3.05, 3.63) is 34.4 Å². The molecule has 3 rings (SSSR count). The number of rotatable bonds is 4. The van der Waals surface area contributed by atoms with Crippen molar-refractivity contribution in [3.63, 3.8) is 0 Å². The minimum absolute atomic E-state index is 0.0895. The van der Waals surface area contributed by atoms with Crippen LogP contribution in [0.3, 0.4) is 0 Å². The summed E-state index contributed by atoms with van der Waals surface area (Å²) in [5.41, 5.74) is 0.677. The van der Waals surface area contributed by atoms with E-state index in [1.165, 1.54) is 12.1 Å². The molecule has 2 atom stereocenters. The van der Waals surface area contributed by atoms with Crippen LogP contribution in [0.5, 0.6) is 0 Å². The van der Waals surface area contributed by atoms with Gasteiger partial charge in [0.1, 0.15) is 12.2 Å². The van der Waals surface area contributed by atoms with Gasteiger partial charge in [-0.3, -0.25) is 0 Å². The molecule has 0 bridgehead atoms. The second-order valence-corrected chi connectivity index (χ2v) is 4.97. The molecule has 0 amide bonds. The third-order valence-electron chi connectivity index (χ3n) is 3.56. The number of ether oxygens (including phenoxy) is 2. The largest absolute Gasteiger partial charge is 0.550 e. The molecule has 0 radical (unpaired) electrons. The SMILES string of the molecule is O=C([O-])C[C@H]1OC(=O)c2cc3c(cc21)C(=O)O[C@@H]3CC(=O)[O-]. The summed E-state index contributed by atoms with van der Waals surface area (Å²) in [6.45, 7) is 0. The maximum absolute atomic E-state index is 11.8. The average Bonchev–Trinajstić information content (AvgIpc) is 2.87. The minimum atomic E-state index is -1.40. The van der Waals surface area contributed by atoms with Crippen LogP contribution in [0.15, 0.2) is 12.1 Å². The van der Waals surface area contributed by atoms with E-state index in [-0.39, 0.29) is 22.3 Å². The number of benzene rings is 1. The van der Waals surface area contributed by atoms with E-state index in [4.69, 9.17) is 9.47 Å². The Morgan fingerprint density at radius 1 is 0.864 bits per heavy atom. The van der Waals surface area contributed by atoms with Gasteiger partial charge in [-0.2, -0.15) is 0 Å². The molecule has 0 saturated heterocycles. The zero-order chi connectivity index (χ0) is 16.0. The zero-order valence-corrected chi connectivity index (χ0v) is 11.0. The molecular weight excluding hydrogens is 296 g/mol. The van der Waals surface area contributed by atoms with Crippen molar-refractivity contribution in [3.8, 4) is 0 Å². The van der Waals surface area contributed by atoms with E-state index in [1.54, 1.807) is 0 Å². The van der Waals surface area contributed by atoms with Crippen LogP contribution < -0.4 is 10.2 Å². The van der Waals surface area contributed by atoms with Gasteiger partial charge in [0.15, 0.2) is 0 Å². The van der Waals surface area contributed by atoms with Crippen LogP contribution >= 0.6 is 0 Å². The summed E-state index contributed by atoms with van der Waals surface area (Å²) in [7, 11) is 0. The van der Waals surface area contributed by atoms with Gasteiger partial charge in [0.25, 0.3) is 0 Å². The van der Waals surface area contributed by atoms with Crippen LogP contribution in [0, 0.1) is 0 Å². The number of carboxylic acid groups (broad SMARTS) is 2. The standard InChI is InChI=1S/C14H10O8/c15-11(16)3-9-5-1-7-6(2-8(5)14(20)21-9)10(4-12(17)18)22-13(7)19/h1-2,9-10H,3-4H2,(H,15,16)(H,17,18)/p-2/t9-,10-/m1/s1. The van der Waals surface area contributed by atoms with E-state index in [2.05, 4.69) is 0 Å². The Kier molecular flexibility index (Phi) is 3.09. The molecule has 1 aromatic carbocycles. The maximum atomic E-state index is 11.8. The van der Waals surface area contributed by atoms with E-state index < -0.39 is 48.9 Å². The quantitative estimate of drug-likeness (QED) is 0.607. The molecular formula is C14H8O8-2. The van der Waals surface area contributed by atoms with E-state index >= 15 is 0 Å². The number of esters is 2. The second-order valence-electron chi connectivity index (χ2n) is 4.97. The number of carbonyl (C=O) groups excluding carboxylic acids is 4. The van der Waals surface area contributed by atoms with Crippen LogP contribution in [-0.4, -0.2) is 23.9 Å². The summed E-state index contributed by atoms with van der Waals surface area (Å²) >= 11 is 0. The van der Waals surface area contributed by atoms with Gasteiger partial charge in [0.05, 0.1) is 11.1 Å². The van der Waals surface area contributed by atoms with Crippen molar-refractivity contribution in [1.82, 2.24) is 0 Å². The predicted octanol–water partition coefficient (Wildman–Crippen LogP) is -1.61. The summed E-state index contributed by atoms with van der Waals surface area (Å²) in [6.07, 6.45) is -3.14. The lowest BCUT2D eigenvalue weighted by Gasteiger charge is -2.12. The summed E-state index contributed by atoms with van der Waals surface area (Å²) < 4.78 is 9.86. The first-order valence-electron chi connectivity index (χ1n) is 6.36. The number of carboxylic acids is 2. The lowest BCUT2D eigenvalue weighted by Crippen LogP contribution is -2.24. The number of fused-ring (bicyclic) bond motifs is 2. The van der Waals surface area contributed by atoms with E-state index in [9.17, 15) is 29.4 Å². The lowest BCUT2D eigenvalue weighted by molar-refractivity contribution is -0.308. The number of aliphatic carboxylic acids is 2. The first-order valence-corrected chi connectivity index (χ1v) is 6.36. The first-order chi connectivity index (χ1) is 10.4. The fourth-order valence-corrected chi connectivity index (χ4v) is 2.64. The molecule has 8 nitrogen and oxygen atoms in total. The molecule has 2 aliphatic rings. The van der Waals surface area contributed by atoms with E-state index in [0.717, 1.165) is 0 Å². The zero-order valence-electron chi connectivity index (χ0n) is 11.0. The van der Waals surface area contributed by atoms with Crippen LogP contribution in [0.1, 0.15) is 56.9 Å². The van der Waals surface area contributed by atoms with Crippen LogP contribution in [0.4, 0.5) is 0 Å². The molecule has 1 aromatic rings. The molecule has 0 spiro atoms. The van der Waals surface area contributed by atoms with Gasteiger partial charge < -0.3 is 29.3 Å². The van der Waals surface area contributed by atoms with Gasteiger partial charge in [-0.15, -0.1) is 0 Å². The van der Waals surface area contributed by atoms with Gasteiger partial charge in [0.2, 0.25) is 0 Å². The lowest BCUT2D eigenvalue weighted by atomic mass is 9.94. The Balaban J connectivity index is 2.04. The average molecular weight is 304 g/mol. The van der Waals surface area contributed by atoms with Crippen molar-refractivity contribution in [2.75, 3.05) is 0 Å². The van der Waals surface area contributed by atoms with Crippen molar-refractivity contribution in [2.45, 2.75) is 25.0 Å².